The molecule has 0 aromatic heterocycles. The normalized spacial score (nSPS) is 14.4. The smallest absolute Gasteiger partial charge is 0.0622 e. The molecule has 86 valence electrons. The summed E-state index contributed by atoms with van der Waals surface area (Å²) in [7, 11) is 0. The van der Waals surface area contributed by atoms with Gasteiger partial charge < -0.3 is 4.74 Å². The van der Waals surface area contributed by atoms with Crippen molar-refractivity contribution in [2.75, 3.05) is 13.2 Å². The fourth-order valence-electron chi connectivity index (χ4n) is 1.67. The molecule has 0 fully saturated rings. The average molecular weight is 201 g/mol. The first-order valence-corrected chi connectivity index (χ1v) is 5.86. The maximum atomic E-state index is 5.64. The molecule has 0 aliphatic rings. The van der Waals surface area contributed by atoms with Gasteiger partial charge in [-0.1, -0.05) is 6.92 Å². The van der Waals surface area contributed by atoms with Crippen molar-refractivity contribution in [2.24, 2.45) is 0 Å². The molecule has 0 radical (unpaired) electrons. The van der Waals surface area contributed by atoms with E-state index in [4.69, 9.17) is 4.74 Å². The zero-order valence-electron chi connectivity index (χ0n) is 10.7. The molecule has 0 unspecified atom stereocenters. The summed E-state index contributed by atoms with van der Waals surface area (Å²) in [5, 5.41) is 0. The molecule has 0 amide bonds. The molecule has 14 heavy (non-hydrogen) atoms. The Labute approximate surface area is 89.6 Å². The third kappa shape index (κ3) is 5.61. The highest BCUT2D eigenvalue weighted by atomic mass is 16.5. The van der Waals surface area contributed by atoms with Gasteiger partial charge in [0, 0.05) is 12.1 Å². The fraction of sp³-hybridized carbons (Fsp3) is 1.00. The van der Waals surface area contributed by atoms with Crippen LogP contribution in [0.1, 0.15) is 48.0 Å². The molecular weight excluding hydrogens is 174 g/mol. The molecule has 0 aromatic rings. The van der Waals surface area contributed by atoms with E-state index in [0.29, 0.717) is 18.2 Å². The van der Waals surface area contributed by atoms with Crippen LogP contribution in [0.15, 0.2) is 0 Å². The number of rotatable bonds is 7. The van der Waals surface area contributed by atoms with Gasteiger partial charge in [0.15, 0.2) is 0 Å². The summed E-state index contributed by atoms with van der Waals surface area (Å²) >= 11 is 0. The van der Waals surface area contributed by atoms with Crippen LogP contribution in [0.5, 0.6) is 0 Å². The van der Waals surface area contributed by atoms with Gasteiger partial charge in [-0.15, -0.1) is 0 Å². The summed E-state index contributed by atoms with van der Waals surface area (Å²) in [6.45, 7) is 15.2. The summed E-state index contributed by atoms with van der Waals surface area (Å²) < 4.78 is 5.64. The van der Waals surface area contributed by atoms with Crippen LogP contribution in [0.4, 0.5) is 0 Å². The lowest BCUT2D eigenvalue weighted by atomic mass is 10.2. The molecule has 0 heterocycles. The Kier molecular flexibility index (Phi) is 7.20. The highest BCUT2D eigenvalue weighted by Gasteiger charge is 2.16. The molecule has 0 bridgehead atoms. The van der Waals surface area contributed by atoms with Gasteiger partial charge in [0.25, 0.3) is 0 Å². The maximum Gasteiger partial charge on any atom is 0.0622 e. The van der Waals surface area contributed by atoms with E-state index in [1.54, 1.807) is 0 Å². The minimum Gasteiger partial charge on any atom is -0.377 e. The van der Waals surface area contributed by atoms with Crippen LogP contribution >= 0.6 is 0 Å². The summed E-state index contributed by atoms with van der Waals surface area (Å²) in [5.41, 5.74) is 0. The van der Waals surface area contributed by atoms with Crippen molar-refractivity contribution < 1.29 is 4.74 Å². The zero-order valence-corrected chi connectivity index (χ0v) is 10.7. The molecule has 0 N–H and O–H groups in total. The molecule has 0 aliphatic heterocycles. The van der Waals surface area contributed by atoms with E-state index in [2.05, 4.69) is 46.4 Å². The lowest BCUT2D eigenvalue weighted by Crippen LogP contribution is -2.42. The Balaban J connectivity index is 3.94. The quantitative estimate of drug-likeness (QED) is 0.628. The largest absolute Gasteiger partial charge is 0.377 e. The molecular formula is C12H27NO. The van der Waals surface area contributed by atoms with Gasteiger partial charge in [-0.05, 0) is 47.6 Å². The van der Waals surface area contributed by atoms with Gasteiger partial charge in [-0.3, -0.25) is 4.90 Å². The van der Waals surface area contributed by atoms with Crippen molar-refractivity contribution in [3.05, 3.63) is 0 Å². The van der Waals surface area contributed by atoms with Gasteiger partial charge in [0.1, 0.15) is 0 Å². The van der Waals surface area contributed by atoms with E-state index < -0.39 is 0 Å². The van der Waals surface area contributed by atoms with Crippen molar-refractivity contribution in [2.45, 2.75) is 66.2 Å². The molecule has 1 atom stereocenters. The van der Waals surface area contributed by atoms with Gasteiger partial charge in [0.05, 0.1) is 12.7 Å². The average Bonchev–Trinajstić information content (AvgIpc) is 2.09. The van der Waals surface area contributed by atoms with Crippen LogP contribution in [0.25, 0.3) is 0 Å². The zero-order chi connectivity index (χ0) is 11.1. The van der Waals surface area contributed by atoms with Crippen LogP contribution in [-0.4, -0.2) is 36.2 Å². The van der Waals surface area contributed by atoms with Crippen molar-refractivity contribution in [1.29, 1.82) is 0 Å². The molecule has 0 rings (SSSR count). The molecule has 0 spiro atoms. The predicted octanol–water partition coefficient (Wildman–Crippen LogP) is 2.92. The second-order valence-electron chi connectivity index (χ2n) is 4.56. The molecule has 0 saturated heterocycles. The Morgan fingerprint density at radius 2 is 1.64 bits per heavy atom. The number of ether oxygens (including phenoxy) is 1. The van der Waals surface area contributed by atoms with Crippen LogP contribution < -0.4 is 0 Å². The van der Waals surface area contributed by atoms with Gasteiger partial charge in [0.2, 0.25) is 0 Å². The Morgan fingerprint density at radius 3 is 2.00 bits per heavy atom. The molecule has 0 aromatic carbocycles. The highest BCUT2D eigenvalue weighted by molar-refractivity contribution is 4.70. The fourth-order valence-corrected chi connectivity index (χ4v) is 1.67. The second kappa shape index (κ2) is 7.24. The van der Waals surface area contributed by atoms with Crippen LogP contribution in [0.2, 0.25) is 0 Å². The third-order valence-electron chi connectivity index (χ3n) is 2.38. The highest BCUT2D eigenvalue weighted by Crippen LogP contribution is 2.07. The lowest BCUT2D eigenvalue weighted by Gasteiger charge is -2.32. The Hall–Kier alpha value is -0.0800. The van der Waals surface area contributed by atoms with Crippen LogP contribution in [0.3, 0.4) is 0 Å². The van der Waals surface area contributed by atoms with E-state index in [1.807, 2.05) is 0 Å². The number of hydrogen-bond donors (Lipinski definition) is 0. The standard InChI is InChI=1S/C12H27NO/c1-7-8-13(10(2)3)12(6)9-14-11(4)5/h10-12H,7-9H2,1-6H3/t12-/m1/s1. The second-order valence-corrected chi connectivity index (χ2v) is 4.56. The minimum absolute atomic E-state index is 0.341. The Bertz CT molecular complexity index is 134. The molecule has 0 aliphatic carbocycles. The molecule has 2 nitrogen and oxygen atoms in total. The van der Waals surface area contributed by atoms with Crippen molar-refractivity contribution in [3.63, 3.8) is 0 Å². The van der Waals surface area contributed by atoms with E-state index in [0.717, 1.165) is 6.61 Å². The summed E-state index contributed by atoms with van der Waals surface area (Å²) in [6.07, 6.45) is 1.55. The predicted molar refractivity (Wildman–Crippen MR) is 62.7 cm³/mol. The minimum atomic E-state index is 0.341. The summed E-state index contributed by atoms with van der Waals surface area (Å²) in [6, 6.07) is 1.14. The van der Waals surface area contributed by atoms with Crippen molar-refractivity contribution >= 4 is 0 Å². The molecule has 0 saturated carbocycles. The molecule has 2 heteroatoms. The number of hydrogen-bond acceptors (Lipinski definition) is 2. The first-order chi connectivity index (χ1) is 6.49. The Morgan fingerprint density at radius 1 is 1.07 bits per heavy atom. The van der Waals surface area contributed by atoms with Crippen molar-refractivity contribution in [3.8, 4) is 0 Å². The van der Waals surface area contributed by atoms with E-state index in [-0.39, 0.29) is 0 Å². The first kappa shape index (κ1) is 13.9. The third-order valence-corrected chi connectivity index (χ3v) is 2.38. The van der Waals surface area contributed by atoms with Crippen LogP contribution in [0, 0.1) is 0 Å². The van der Waals surface area contributed by atoms with E-state index in [9.17, 15) is 0 Å². The SMILES string of the molecule is CCCN(C(C)C)[C@H](C)COC(C)C. The maximum absolute atomic E-state index is 5.64. The van der Waals surface area contributed by atoms with Gasteiger partial charge in [-0.2, -0.15) is 0 Å². The summed E-state index contributed by atoms with van der Waals surface area (Å²) in [5.74, 6) is 0. The monoisotopic (exact) mass is 201 g/mol. The van der Waals surface area contributed by atoms with Crippen LogP contribution in [-0.2, 0) is 4.74 Å². The van der Waals surface area contributed by atoms with E-state index >= 15 is 0 Å². The van der Waals surface area contributed by atoms with Gasteiger partial charge >= 0.3 is 0 Å². The van der Waals surface area contributed by atoms with Crippen molar-refractivity contribution in [1.82, 2.24) is 4.90 Å². The first-order valence-electron chi connectivity index (χ1n) is 5.86. The summed E-state index contributed by atoms with van der Waals surface area (Å²) in [4.78, 5) is 2.50. The number of nitrogens with zero attached hydrogens (tertiary/aromatic N) is 1. The topological polar surface area (TPSA) is 12.5 Å². The van der Waals surface area contributed by atoms with Gasteiger partial charge in [-0.25, -0.2) is 0 Å². The lowest BCUT2D eigenvalue weighted by molar-refractivity contribution is 0.0208. The van der Waals surface area contributed by atoms with E-state index in [1.165, 1.54) is 13.0 Å².